The van der Waals surface area contributed by atoms with Gasteiger partial charge in [0.15, 0.2) is 0 Å². The number of aromatic nitrogens is 2. The molecule has 1 N–H and O–H groups in total. The second-order valence-corrected chi connectivity index (χ2v) is 3.60. The largest absolute Gasteiger partial charge is 0.416 e. The molecule has 0 saturated carbocycles. The Balaban J connectivity index is 2.18. The zero-order chi connectivity index (χ0) is 13.9. The Morgan fingerprint density at radius 2 is 1.79 bits per heavy atom. The Morgan fingerprint density at radius 3 is 2.37 bits per heavy atom. The van der Waals surface area contributed by atoms with Gasteiger partial charge < -0.3 is 5.32 Å². The van der Waals surface area contributed by atoms with Crippen LogP contribution >= 0.6 is 0 Å². The van der Waals surface area contributed by atoms with E-state index in [2.05, 4.69) is 15.3 Å². The highest BCUT2D eigenvalue weighted by molar-refractivity contribution is 5.57. The maximum atomic E-state index is 12.4. The standard InChI is InChI=1S/C12H7F3N4/c13-12(14,15)8-1-3-9(4-2-8)19-11-5-10(6-16)17-7-18-11/h1-5,7H,(H,17,18,19). The summed E-state index contributed by atoms with van der Waals surface area (Å²) < 4.78 is 37.1. The SMILES string of the molecule is N#Cc1cc(Nc2ccc(C(F)(F)F)cc2)ncn1. The molecule has 4 nitrogen and oxygen atoms in total. The quantitative estimate of drug-likeness (QED) is 0.905. The van der Waals surface area contributed by atoms with E-state index >= 15 is 0 Å². The van der Waals surface area contributed by atoms with Gasteiger partial charge in [-0.2, -0.15) is 18.4 Å². The van der Waals surface area contributed by atoms with Crippen LogP contribution in [0.15, 0.2) is 36.7 Å². The molecule has 19 heavy (non-hydrogen) atoms. The van der Waals surface area contributed by atoms with Crippen LogP contribution in [0.5, 0.6) is 0 Å². The molecule has 0 aliphatic carbocycles. The normalized spacial score (nSPS) is 10.8. The second kappa shape index (κ2) is 4.94. The summed E-state index contributed by atoms with van der Waals surface area (Å²) in [7, 11) is 0. The van der Waals surface area contributed by atoms with Crippen LogP contribution in [-0.4, -0.2) is 9.97 Å². The number of anilines is 2. The maximum absolute atomic E-state index is 12.4. The first-order chi connectivity index (χ1) is 8.99. The van der Waals surface area contributed by atoms with Crippen LogP contribution in [-0.2, 0) is 6.18 Å². The fourth-order valence-corrected chi connectivity index (χ4v) is 1.38. The summed E-state index contributed by atoms with van der Waals surface area (Å²) in [5, 5.41) is 11.4. The van der Waals surface area contributed by atoms with Crippen molar-refractivity contribution in [3.63, 3.8) is 0 Å². The van der Waals surface area contributed by atoms with Gasteiger partial charge in [-0.25, -0.2) is 9.97 Å². The molecule has 0 aliphatic rings. The van der Waals surface area contributed by atoms with E-state index < -0.39 is 11.7 Å². The number of rotatable bonds is 2. The van der Waals surface area contributed by atoms with Gasteiger partial charge in [-0.3, -0.25) is 0 Å². The van der Waals surface area contributed by atoms with Crippen LogP contribution in [0.25, 0.3) is 0 Å². The topological polar surface area (TPSA) is 61.6 Å². The lowest BCUT2D eigenvalue weighted by molar-refractivity contribution is -0.137. The van der Waals surface area contributed by atoms with Gasteiger partial charge in [-0.1, -0.05) is 0 Å². The van der Waals surface area contributed by atoms with Crippen molar-refractivity contribution in [1.82, 2.24) is 9.97 Å². The first kappa shape index (κ1) is 12.8. The van der Waals surface area contributed by atoms with Crippen molar-refractivity contribution in [3.05, 3.63) is 47.9 Å². The Morgan fingerprint density at radius 1 is 1.11 bits per heavy atom. The molecule has 96 valence electrons. The van der Waals surface area contributed by atoms with Gasteiger partial charge in [0.25, 0.3) is 0 Å². The van der Waals surface area contributed by atoms with Crippen molar-refractivity contribution in [1.29, 1.82) is 5.26 Å². The van der Waals surface area contributed by atoms with Crippen LogP contribution in [0, 0.1) is 11.3 Å². The van der Waals surface area contributed by atoms with Gasteiger partial charge in [0.05, 0.1) is 5.56 Å². The third-order valence-corrected chi connectivity index (χ3v) is 2.27. The molecule has 0 aliphatic heterocycles. The molecule has 0 saturated heterocycles. The van der Waals surface area contributed by atoms with E-state index in [9.17, 15) is 13.2 Å². The summed E-state index contributed by atoms with van der Waals surface area (Å²) in [6, 6.07) is 7.75. The smallest absolute Gasteiger partial charge is 0.340 e. The van der Waals surface area contributed by atoms with Crippen LogP contribution in [0.3, 0.4) is 0 Å². The zero-order valence-corrected chi connectivity index (χ0v) is 9.44. The maximum Gasteiger partial charge on any atom is 0.416 e. The Bertz CT molecular complexity index is 614. The van der Waals surface area contributed by atoms with Crippen LogP contribution in [0.2, 0.25) is 0 Å². The van der Waals surface area contributed by atoms with E-state index in [4.69, 9.17) is 5.26 Å². The average molecular weight is 264 g/mol. The number of hydrogen-bond acceptors (Lipinski definition) is 4. The molecule has 2 rings (SSSR count). The lowest BCUT2D eigenvalue weighted by Crippen LogP contribution is -2.04. The van der Waals surface area contributed by atoms with Crippen LogP contribution in [0.4, 0.5) is 24.7 Å². The number of benzene rings is 1. The number of nitrogens with one attached hydrogen (secondary N) is 1. The fraction of sp³-hybridized carbons (Fsp3) is 0.0833. The number of halogens is 3. The van der Waals surface area contributed by atoms with Crippen molar-refractivity contribution in [2.75, 3.05) is 5.32 Å². The minimum Gasteiger partial charge on any atom is -0.340 e. The summed E-state index contributed by atoms with van der Waals surface area (Å²) in [5.41, 5.74) is -0.113. The molecular formula is C12H7F3N4. The number of hydrogen-bond donors (Lipinski definition) is 1. The molecule has 0 radical (unpaired) electrons. The molecule has 1 aromatic carbocycles. The molecular weight excluding hydrogens is 257 g/mol. The lowest BCUT2D eigenvalue weighted by Gasteiger charge is -2.08. The molecule has 0 fully saturated rings. The van der Waals surface area contributed by atoms with E-state index in [1.807, 2.05) is 6.07 Å². The minimum absolute atomic E-state index is 0.171. The van der Waals surface area contributed by atoms with Gasteiger partial charge in [0, 0.05) is 11.8 Å². The van der Waals surface area contributed by atoms with E-state index in [0.29, 0.717) is 11.5 Å². The molecule has 0 bridgehead atoms. The highest BCUT2D eigenvalue weighted by Crippen LogP contribution is 2.30. The summed E-state index contributed by atoms with van der Waals surface area (Å²) in [6.07, 6.45) is -3.16. The van der Waals surface area contributed by atoms with Gasteiger partial charge in [-0.05, 0) is 24.3 Å². The average Bonchev–Trinajstić information content (AvgIpc) is 2.38. The molecule has 1 aromatic heterocycles. The summed E-state index contributed by atoms with van der Waals surface area (Å²) in [5.74, 6) is 0.339. The lowest BCUT2D eigenvalue weighted by atomic mass is 10.2. The highest BCUT2D eigenvalue weighted by Gasteiger charge is 2.29. The number of nitriles is 1. The summed E-state index contributed by atoms with van der Waals surface area (Å²) in [6.45, 7) is 0. The Labute approximate surface area is 106 Å². The molecule has 1 heterocycles. The number of nitrogens with zero attached hydrogens (tertiary/aromatic N) is 3. The van der Waals surface area contributed by atoms with E-state index in [-0.39, 0.29) is 5.69 Å². The molecule has 2 aromatic rings. The predicted molar refractivity (Wildman–Crippen MR) is 61.5 cm³/mol. The van der Waals surface area contributed by atoms with Crippen LogP contribution < -0.4 is 5.32 Å². The zero-order valence-electron chi connectivity index (χ0n) is 9.44. The Kier molecular flexibility index (Phi) is 3.33. The first-order valence-electron chi connectivity index (χ1n) is 5.15. The fourth-order valence-electron chi connectivity index (χ4n) is 1.38. The highest BCUT2D eigenvalue weighted by atomic mass is 19.4. The van der Waals surface area contributed by atoms with Crippen molar-refractivity contribution >= 4 is 11.5 Å². The van der Waals surface area contributed by atoms with Gasteiger partial charge in [0.1, 0.15) is 23.9 Å². The van der Waals surface area contributed by atoms with Crippen molar-refractivity contribution in [2.45, 2.75) is 6.18 Å². The molecule has 0 amide bonds. The third-order valence-electron chi connectivity index (χ3n) is 2.27. The van der Waals surface area contributed by atoms with Gasteiger partial charge >= 0.3 is 6.18 Å². The van der Waals surface area contributed by atoms with Gasteiger partial charge in [-0.15, -0.1) is 0 Å². The molecule has 0 spiro atoms. The second-order valence-electron chi connectivity index (χ2n) is 3.60. The van der Waals surface area contributed by atoms with Crippen molar-refractivity contribution < 1.29 is 13.2 Å². The van der Waals surface area contributed by atoms with E-state index in [0.717, 1.165) is 12.1 Å². The van der Waals surface area contributed by atoms with Gasteiger partial charge in [0.2, 0.25) is 0 Å². The van der Waals surface area contributed by atoms with Crippen molar-refractivity contribution in [2.24, 2.45) is 0 Å². The molecule has 7 heteroatoms. The van der Waals surface area contributed by atoms with E-state index in [1.165, 1.54) is 24.5 Å². The first-order valence-corrected chi connectivity index (χ1v) is 5.15. The molecule has 0 atom stereocenters. The third kappa shape index (κ3) is 3.19. The van der Waals surface area contributed by atoms with Crippen molar-refractivity contribution in [3.8, 4) is 6.07 Å². The number of alkyl halides is 3. The summed E-state index contributed by atoms with van der Waals surface area (Å²) >= 11 is 0. The monoisotopic (exact) mass is 264 g/mol. The predicted octanol–water partition coefficient (Wildman–Crippen LogP) is 3.11. The summed E-state index contributed by atoms with van der Waals surface area (Å²) in [4.78, 5) is 7.54. The minimum atomic E-state index is -4.36. The van der Waals surface area contributed by atoms with E-state index in [1.54, 1.807) is 0 Å². The van der Waals surface area contributed by atoms with Crippen LogP contribution in [0.1, 0.15) is 11.3 Å². The molecule has 0 unspecified atom stereocenters. The Hall–Kier alpha value is -2.62.